The van der Waals surface area contributed by atoms with Gasteiger partial charge in [0.1, 0.15) is 18.8 Å². The van der Waals surface area contributed by atoms with Gasteiger partial charge in [0.25, 0.3) is 8.32 Å². The van der Waals surface area contributed by atoms with Gasteiger partial charge < -0.3 is 18.7 Å². The molecule has 1 aliphatic rings. The highest BCUT2D eigenvalue weighted by molar-refractivity contribution is 6.99. The van der Waals surface area contributed by atoms with Crippen LogP contribution in [0.2, 0.25) is 5.04 Å². The first-order chi connectivity index (χ1) is 17.0. The normalized spacial score (nSPS) is 18.3. The maximum atomic E-state index is 12.2. The number of hydrogen-bond donors (Lipinski definition) is 0. The first-order valence-corrected chi connectivity index (χ1v) is 13.9. The first-order valence-electron chi connectivity index (χ1n) is 12.0. The highest BCUT2D eigenvalue weighted by atomic mass is 28.4. The van der Waals surface area contributed by atoms with Crippen LogP contribution in [0.25, 0.3) is 0 Å². The molecule has 2 aromatic rings. The summed E-state index contributed by atoms with van der Waals surface area (Å²) in [4.78, 5) is 41.4. The van der Waals surface area contributed by atoms with Crippen molar-refractivity contribution in [3.8, 4) is 0 Å². The molecule has 2 aromatic carbocycles. The van der Waals surface area contributed by atoms with Crippen molar-refractivity contribution in [1.82, 2.24) is 5.06 Å². The second-order valence-electron chi connectivity index (χ2n) is 9.98. The molecule has 0 aromatic heterocycles. The Morgan fingerprint density at radius 3 is 1.92 bits per heavy atom. The molecule has 0 radical (unpaired) electrons. The quantitative estimate of drug-likeness (QED) is 0.373. The van der Waals surface area contributed by atoms with E-state index in [2.05, 4.69) is 20.8 Å². The Kier molecular flexibility index (Phi) is 8.70. The highest BCUT2D eigenvalue weighted by Crippen LogP contribution is 2.39. The lowest BCUT2D eigenvalue weighted by molar-refractivity contribution is -0.184. The molecule has 36 heavy (non-hydrogen) atoms. The molecule has 0 amide bonds. The number of carbonyl (C=O) groups excluding carboxylic acids is 3. The number of carbonyl (C=O) groups is 3. The predicted molar refractivity (Wildman–Crippen MR) is 137 cm³/mol. The zero-order valence-electron chi connectivity index (χ0n) is 21.7. The molecule has 0 aliphatic carbocycles. The lowest BCUT2D eigenvalue weighted by atomic mass is 10.0. The van der Waals surface area contributed by atoms with E-state index in [1.807, 2.05) is 60.7 Å². The van der Waals surface area contributed by atoms with E-state index in [1.165, 1.54) is 18.9 Å². The number of esters is 2. The molecule has 0 saturated carbocycles. The van der Waals surface area contributed by atoms with Crippen molar-refractivity contribution in [1.29, 1.82) is 0 Å². The Balaban J connectivity index is 2.20. The first kappa shape index (κ1) is 27.6. The number of rotatable bonds is 9. The zero-order valence-corrected chi connectivity index (χ0v) is 22.7. The van der Waals surface area contributed by atoms with Crippen molar-refractivity contribution < 1.29 is 33.1 Å². The number of hydroxylamine groups is 2. The molecule has 1 saturated heterocycles. The molecule has 194 valence electrons. The average molecular weight is 514 g/mol. The summed E-state index contributed by atoms with van der Waals surface area (Å²) >= 11 is 0. The van der Waals surface area contributed by atoms with Crippen molar-refractivity contribution in [3.05, 3.63) is 60.7 Å². The molecule has 0 unspecified atom stereocenters. The van der Waals surface area contributed by atoms with E-state index in [1.54, 1.807) is 7.05 Å². The Morgan fingerprint density at radius 1 is 1.00 bits per heavy atom. The molecule has 1 aliphatic heterocycles. The molecular formula is C27H35NO7Si. The second kappa shape index (κ2) is 11.4. The smallest absolute Gasteiger partial charge is 0.326 e. The SMILES string of the molecule is CC(=O)OC[C@@H](O[Si](c1ccccc1)(c1ccccc1)C(C)(C)C)[C@H](OC(C)=O)[C@@H]1CC(=O)ON1C. The second-order valence-corrected chi connectivity index (χ2v) is 14.2. The molecule has 3 rings (SSSR count). The van der Waals surface area contributed by atoms with Gasteiger partial charge in [0.15, 0.2) is 0 Å². The summed E-state index contributed by atoms with van der Waals surface area (Å²) in [5.41, 5.74) is 0. The number of benzene rings is 2. The predicted octanol–water partition coefficient (Wildman–Crippen LogP) is 2.59. The highest BCUT2D eigenvalue weighted by Gasteiger charge is 2.54. The van der Waals surface area contributed by atoms with Crippen LogP contribution in [-0.4, -0.2) is 63.2 Å². The van der Waals surface area contributed by atoms with Crippen LogP contribution < -0.4 is 10.4 Å². The molecule has 0 N–H and O–H groups in total. The van der Waals surface area contributed by atoms with Crippen LogP contribution in [0, 0.1) is 0 Å². The third-order valence-electron chi connectivity index (χ3n) is 6.33. The maximum absolute atomic E-state index is 12.2. The summed E-state index contributed by atoms with van der Waals surface area (Å²) in [6.07, 6.45) is -1.79. The van der Waals surface area contributed by atoms with Crippen LogP contribution >= 0.6 is 0 Å². The van der Waals surface area contributed by atoms with Gasteiger partial charge in [0, 0.05) is 20.9 Å². The van der Waals surface area contributed by atoms with Gasteiger partial charge in [-0.25, -0.2) is 0 Å². The van der Waals surface area contributed by atoms with E-state index >= 15 is 0 Å². The van der Waals surface area contributed by atoms with Crippen molar-refractivity contribution in [3.63, 3.8) is 0 Å². The van der Waals surface area contributed by atoms with Gasteiger partial charge in [-0.3, -0.25) is 14.4 Å². The van der Waals surface area contributed by atoms with Gasteiger partial charge in [-0.05, 0) is 15.4 Å². The Morgan fingerprint density at radius 2 is 1.53 bits per heavy atom. The molecule has 0 bridgehead atoms. The summed E-state index contributed by atoms with van der Waals surface area (Å²) in [5.74, 6) is -1.46. The lowest BCUT2D eigenvalue weighted by Gasteiger charge is -2.46. The summed E-state index contributed by atoms with van der Waals surface area (Å²) in [5, 5.41) is 3.04. The van der Waals surface area contributed by atoms with E-state index < -0.39 is 44.5 Å². The molecule has 8 nitrogen and oxygen atoms in total. The fraction of sp³-hybridized carbons (Fsp3) is 0.444. The third kappa shape index (κ3) is 6.03. The van der Waals surface area contributed by atoms with Gasteiger partial charge in [0.2, 0.25) is 0 Å². The van der Waals surface area contributed by atoms with Crippen LogP contribution in [-0.2, 0) is 33.1 Å². The molecule has 9 heteroatoms. The van der Waals surface area contributed by atoms with E-state index in [-0.39, 0.29) is 18.1 Å². The van der Waals surface area contributed by atoms with Crippen LogP contribution in [0.15, 0.2) is 60.7 Å². The fourth-order valence-electron chi connectivity index (χ4n) is 4.80. The summed E-state index contributed by atoms with van der Waals surface area (Å²) in [7, 11) is -1.51. The van der Waals surface area contributed by atoms with Crippen LogP contribution in [0.4, 0.5) is 0 Å². The topological polar surface area (TPSA) is 91.4 Å². The van der Waals surface area contributed by atoms with Crippen LogP contribution in [0.5, 0.6) is 0 Å². The minimum atomic E-state index is -3.12. The molecule has 1 heterocycles. The number of hydrogen-bond acceptors (Lipinski definition) is 8. The Hall–Kier alpha value is -3.01. The van der Waals surface area contributed by atoms with Gasteiger partial charge in [-0.1, -0.05) is 81.4 Å². The van der Waals surface area contributed by atoms with Crippen molar-refractivity contribution in [2.75, 3.05) is 13.7 Å². The fourth-order valence-corrected chi connectivity index (χ4v) is 9.47. The monoisotopic (exact) mass is 513 g/mol. The molecule has 1 fully saturated rings. The lowest BCUT2D eigenvalue weighted by Crippen LogP contribution is -2.69. The third-order valence-corrected chi connectivity index (χ3v) is 11.4. The van der Waals surface area contributed by atoms with E-state index in [9.17, 15) is 14.4 Å². The Labute approximate surface area is 213 Å². The Bertz CT molecular complexity index is 1020. The van der Waals surface area contributed by atoms with Crippen LogP contribution in [0.1, 0.15) is 41.0 Å². The average Bonchev–Trinajstić information content (AvgIpc) is 3.15. The minimum absolute atomic E-state index is 0.00905. The van der Waals surface area contributed by atoms with E-state index in [0.29, 0.717) is 0 Å². The van der Waals surface area contributed by atoms with Crippen molar-refractivity contribution in [2.24, 2.45) is 0 Å². The van der Waals surface area contributed by atoms with E-state index in [4.69, 9.17) is 18.7 Å². The molecular weight excluding hydrogens is 478 g/mol. The zero-order chi connectivity index (χ0) is 26.5. The standard InChI is InChI=1S/C27H35NO7Si/c1-19(29)32-18-24(26(33-20(2)30)23-17-25(31)34-28(23)6)35-36(27(3,4)5,21-13-9-7-10-14-21)22-15-11-8-12-16-22/h7-16,23-24,26H,17-18H2,1-6H3/t23-,24+,26+/m0/s1. The van der Waals surface area contributed by atoms with Crippen LogP contribution in [0.3, 0.4) is 0 Å². The van der Waals surface area contributed by atoms with Gasteiger partial charge in [-0.15, -0.1) is 5.06 Å². The van der Waals surface area contributed by atoms with Gasteiger partial charge >= 0.3 is 17.9 Å². The minimum Gasteiger partial charge on any atom is -0.463 e. The summed E-state index contributed by atoms with van der Waals surface area (Å²) in [6, 6.07) is 19.3. The molecule has 3 atom stereocenters. The number of ether oxygens (including phenoxy) is 2. The number of nitrogens with zero attached hydrogens (tertiary/aromatic N) is 1. The summed E-state index contributed by atoms with van der Waals surface area (Å²) in [6.45, 7) is 8.83. The van der Waals surface area contributed by atoms with Crippen molar-refractivity contribution in [2.45, 2.75) is 64.3 Å². The van der Waals surface area contributed by atoms with Gasteiger partial charge in [0.05, 0.1) is 12.5 Å². The number of likely N-dealkylation sites (N-methyl/N-ethyl adjacent to an activating group) is 1. The van der Waals surface area contributed by atoms with E-state index in [0.717, 1.165) is 10.4 Å². The van der Waals surface area contributed by atoms with Crippen molar-refractivity contribution >= 4 is 36.6 Å². The molecule has 0 spiro atoms. The van der Waals surface area contributed by atoms with Gasteiger partial charge in [-0.2, -0.15) is 0 Å². The largest absolute Gasteiger partial charge is 0.463 e. The maximum Gasteiger partial charge on any atom is 0.326 e. The summed E-state index contributed by atoms with van der Waals surface area (Å²) < 4.78 is 18.4.